The van der Waals surface area contributed by atoms with Crippen molar-refractivity contribution in [3.63, 3.8) is 0 Å². The number of hydrogen-bond donors (Lipinski definition) is 2. The van der Waals surface area contributed by atoms with Crippen LogP contribution in [0, 0.1) is 0 Å². The van der Waals surface area contributed by atoms with Gasteiger partial charge in [0.1, 0.15) is 0 Å². The van der Waals surface area contributed by atoms with Crippen molar-refractivity contribution in [2.24, 2.45) is 0 Å². The Balaban J connectivity index is 1.81. The van der Waals surface area contributed by atoms with Crippen LogP contribution in [0.1, 0.15) is 30.0 Å². The van der Waals surface area contributed by atoms with E-state index < -0.39 is 0 Å². The fraction of sp³-hybridized carbons (Fsp3) is 0.250. The molecule has 20 heavy (non-hydrogen) atoms. The fourth-order valence-corrected chi connectivity index (χ4v) is 2.15. The van der Waals surface area contributed by atoms with Crippen molar-refractivity contribution >= 4 is 6.03 Å². The number of carbonyl (C=O) groups is 1. The Morgan fingerprint density at radius 3 is 2.35 bits per heavy atom. The molecule has 1 aliphatic rings. The summed E-state index contributed by atoms with van der Waals surface area (Å²) in [6, 6.07) is 13.9. The number of carbonyl (C=O) groups excluding carboxylic acids is 1. The Labute approximate surface area is 118 Å². The van der Waals surface area contributed by atoms with Gasteiger partial charge in [0.25, 0.3) is 0 Å². The smallest absolute Gasteiger partial charge is 0.315 e. The lowest BCUT2D eigenvalue weighted by Gasteiger charge is -2.20. The molecule has 1 aliphatic carbocycles. The van der Waals surface area contributed by atoms with Crippen molar-refractivity contribution in [1.82, 2.24) is 15.6 Å². The normalized spacial score (nSPS) is 15.4. The van der Waals surface area contributed by atoms with Gasteiger partial charge in [0, 0.05) is 18.4 Å². The molecular weight excluding hydrogens is 250 g/mol. The van der Waals surface area contributed by atoms with E-state index in [-0.39, 0.29) is 12.1 Å². The van der Waals surface area contributed by atoms with Gasteiger partial charge in [-0.1, -0.05) is 30.3 Å². The van der Waals surface area contributed by atoms with Crippen molar-refractivity contribution in [2.45, 2.75) is 24.9 Å². The minimum absolute atomic E-state index is 0.113. The van der Waals surface area contributed by atoms with E-state index in [4.69, 9.17) is 0 Å². The van der Waals surface area contributed by atoms with Crippen LogP contribution in [0.2, 0.25) is 0 Å². The summed E-state index contributed by atoms with van der Waals surface area (Å²) in [5.74, 6) is 0. The second-order valence-electron chi connectivity index (χ2n) is 5.02. The fourth-order valence-electron chi connectivity index (χ4n) is 2.15. The Kier molecular flexibility index (Phi) is 3.63. The maximum atomic E-state index is 12.0. The molecule has 1 aromatic heterocycles. The van der Waals surface area contributed by atoms with E-state index in [9.17, 15) is 4.79 Å². The largest absolute Gasteiger partial charge is 0.335 e. The number of hydrogen-bond acceptors (Lipinski definition) is 2. The number of urea groups is 1. The molecule has 0 bridgehead atoms. The molecule has 1 fully saturated rings. The van der Waals surface area contributed by atoms with E-state index in [0.29, 0.717) is 6.04 Å². The Morgan fingerprint density at radius 2 is 1.70 bits per heavy atom. The molecule has 1 aromatic carbocycles. The van der Waals surface area contributed by atoms with Gasteiger partial charge in [-0.15, -0.1) is 0 Å². The highest BCUT2D eigenvalue weighted by Gasteiger charge is 2.25. The molecule has 1 saturated carbocycles. The number of benzene rings is 1. The lowest BCUT2D eigenvalue weighted by molar-refractivity contribution is 0.238. The van der Waals surface area contributed by atoms with Crippen LogP contribution in [-0.2, 0) is 0 Å². The number of nitrogens with one attached hydrogen (secondary N) is 2. The van der Waals surface area contributed by atoms with Crippen LogP contribution in [0.3, 0.4) is 0 Å². The Morgan fingerprint density at radius 1 is 1.05 bits per heavy atom. The average Bonchev–Trinajstić information content (AvgIpc) is 3.30. The minimum atomic E-state index is -0.155. The molecule has 102 valence electrons. The molecule has 4 nitrogen and oxygen atoms in total. The van der Waals surface area contributed by atoms with E-state index in [1.54, 1.807) is 12.4 Å². The molecule has 0 radical (unpaired) electrons. The first kappa shape index (κ1) is 12.7. The molecular formula is C16H17N3O. The summed E-state index contributed by atoms with van der Waals surface area (Å²) in [7, 11) is 0. The van der Waals surface area contributed by atoms with Crippen molar-refractivity contribution < 1.29 is 4.79 Å². The second kappa shape index (κ2) is 5.74. The molecule has 0 saturated heterocycles. The lowest BCUT2D eigenvalue weighted by Crippen LogP contribution is -2.39. The van der Waals surface area contributed by atoms with Crippen LogP contribution in [-0.4, -0.2) is 17.1 Å². The highest BCUT2D eigenvalue weighted by Crippen LogP contribution is 2.22. The maximum Gasteiger partial charge on any atom is 0.315 e. The molecule has 4 heteroatoms. The van der Waals surface area contributed by atoms with Crippen LogP contribution in [0.25, 0.3) is 0 Å². The zero-order valence-electron chi connectivity index (χ0n) is 11.1. The van der Waals surface area contributed by atoms with Gasteiger partial charge in [0.2, 0.25) is 0 Å². The highest BCUT2D eigenvalue weighted by molar-refractivity contribution is 5.75. The first-order valence-corrected chi connectivity index (χ1v) is 6.85. The number of rotatable bonds is 4. The first-order chi connectivity index (χ1) is 9.83. The molecule has 1 heterocycles. The topological polar surface area (TPSA) is 54.0 Å². The van der Waals surface area contributed by atoms with E-state index in [0.717, 1.165) is 24.0 Å². The van der Waals surface area contributed by atoms with Gasteiger partial charge < -0.3 is 10.6 Å². The molecule has 0 spiro atoms. The summed E-state index contributed by atoms with van der Waals surface area (Å²) < 4.78 is 0. The van der Waals surface area contributed by atoms with Gasteiger partial charge in [0.05, 0.1) is 6.04 Å². The number of nitrogens with zero attached hydrogens (tertiary/aromatic N) is 1. The zero-order valence-corrected chi connectivity index (χ0v) is 11.1. The molecule has 3 rings (SSSR count). The van der Waals surface area contributed by atoms with E-state index in [2.05, 4.69) is 15.6 Å². The molecule has 1 atom stereocenters. The van der Waals surface area contributed by atoms with Crippen molar-refractivity contribution in [3.05, 3.63) is 66.0 Å². The third kappa shape index (κ3) is 3.15. The van der Waals surface area contributed by atoms with Gasteiger partial charge in [0.15, 0.2) is 0 Å². The number of pyridine rings is 1. The monoisotopic (exact) mass is 267 g/mol. The van der Waals surface area contributed by atoms with Crippen molar-refractivity contribution in [3.8, 4) is 0 Å². The van der Waals surface area contributed by atoms with Gasteiger partial charge in [-0.05, 0) is 36.1 Å². The lowest BCUT2D eigenvalue weighted by atomic mass is 10.00. The van der Waals surface area contributed by atoms with Gasteiger partial charge in [-0.25, -0.2) is 4.79 Å². The first-order valence-electron chi connectivity index (χ1n) is 6.85. The van der Waals surface area contributed by atoms with Gasteiger partial charge in [-0.2, -0.15) is 0 Å². The highest BCUT2D eigenvalue weighted by atomic mass is 16.2. The summed E-state index contributed by atoms with van der Waals surface area (Å²) in [5, 5.41) is 6.00. The molecule has 0 aliphatic heterocycles. The third-order valence-electron chi connectivity index (χ3n) is 3.36. The molecule has 2 aromatic rings. The van der Waals surface area contributed by atoms with Gasteiger partial charge in [-0.3, -0.25) is 4.98 Å². The van der Waals surface area contributed by atoms with Gasteiger partial charge >= 0.3 is 6.03 Å². The predicted molar refractivity (Wildman–Crippen MR) is 77.2 cm³/mol. The van der Waals surface area contributed by atoms with Crippen molar-refractivity contribution in [2.75, 3.05) is 0 Å². The van der Waals surface area contributed by atoms with E-state index in [1.165, 1.54) is 0 Å². The maximum absolute atomic E-state index is 12.0. The standard InChI is InChI=1S/C16H17N3O/c20-16(18-14-6-7-14)19-15(12-4-2-1-3-5-12)13-8-10-17-11-9-13/h1-5,8-11,14-15H,6-7H2,(H2,18,19,20)/t15-/m0/s1. The summed E-state index contributed by atoms with van der Waals surface area (Å²) >= 11 is 0. The SMILES string of the molecule is O=C(NC1CC1)N[C@@H](c1ccccc1)c1ccncc1. The summed E-state index contributed by atoms with van der Waals surface area (Å²) in [6.07, 6.45) is 5.65. The van der Waals surface area contributed by atoms with Crippen LogP contribution >= 0.6 is 0 Å². The average molecular weight is 267 g/mol. The summed E-state index contributed by atoms with van der Waals surface area (Å²) in [5.41, 5.74) is 2.08. The Hall–Kier alpha value is -2.36. The molecule has 0 unspecified atom stereocenters. The van der Waals surface area contributed by atoms with Crippen LogP contribution < -0.4 is 10.6 Å². The van der Waals surface area contributed by atoms with Crippen LogP contribution in [0.4, 0.5) is 4.79 Å². The quantitative estimate of drug-likeness (QED) is 0.894. The summed E-state index contributed by atoms with van der Waals surface area (Å²) in [4.78, 5) is 16.0. The number of aromatic nitrogens is 1. The third-order valence-corrected chi connectivity index (χ3v) is 3.36. The molecule has 2 N–H and O–H groups in total. The zero-order chi connectivity index (χ0) is 13.8. The van der Waals surface area contributed by atoms with E-state index in [1.807, 2.05) is 42.5 Å². The van der Waals surface area contributed by atoms with Crippen LogP contribution in [0.5, 0.6) is 0 Å². The van der Waals surface area contributed by atoms with Crippen LogP contribution in [0.15, 0.2) is 54.9 Å². The van der Waals surface area contributed by atoms with Crippen molar-refractivity contribution in [1.29, 1.82) is 0 Å². The minimum Gasteiger partial charge on any atom is -0.335 e. The van der Waals surface area contributed by atoms with E-state index >= 15 is 0 Å². The summed E-state index contributed by atoms with van der Waals surface area (Å²) in [6.45, 7) is 0. The second-order valence-corrected chi connectivity index (χ2v) is 5.02. The Bertz CT molecular complexity index is 527. The molecule has 2 amide bonds. The number of amides is 2. The predicted octanol–water partition coefficient (Wildman–Crippen LogP) is 2.63.